The molecule has 2 aliphatic rings. The quantitative estimate of drug-likeness (QED) is 0.847. The van der Waals surface area contributed by atoms with Crippen LogP contribution >= 0.6 is 11.8 Å². The van der Waals surface area contributed by atoms with Gasteiger partial charge in [-0.25, -0.2) is 0 Å². The molecule has 2 nitrogen and oxygen atoms in total. The van der Waals surface area contributed by atoms with Gasteiger partial charge in [-0.05, 0) is 37.4 Å². The highest BCUT2D eigenvalue weighted by molar-refractivity contribution is 8.00. The summed E-state index contributed by atoms with van der Waals surface area (Å²) in [6.45, 7) is 1.89. The van der Waals surface area contributed by atoms with Crippen LogP contribution in [0.25, 0.3) is 0 Å². The third-order valence-electron chi connectivity index (χ3n) is 3.98. The van der Waals surface area contributed by atoms with Crippen molar-refractivity contribution in [2.75, 3.05) is 20.3 Å². The van der Waals surface area contributed by atoms with Gasteiger partial charge >= 0.3 is 0 Å². The van der Waals surface area contributed by atoms with Gasteiger partial charge in [0, 0.05) is 11.3 Å². The Balaban J connectivity index is 1.82. The normalized spacial score (nSPS) is 28.3. The van der Waals surface area contributed by atoms with Crippen molar-refractivity contribution in [2.45, 2.75) is 35.8 Å². The third-order valence-corrected chi connectivity index (χ3v) is 5.50. The van der Waals surface area contributed by atoms with Crippen LogP contribution in [0.3, 0.4) is 0 Å². The van der Waals surface area contributed by atoms with Gasteiger partial charge in [0.25, 0.3) is 0 Å². The van der Waals surface area contributed by atoms with Crippen molar-refractivity contribution in [2.24, 2.45) is 0 Å². The number of hydrogen-bond donors (Lipinski definition) is 1. The van der Waals surface area contributed by atoms with Crippen molar-refractivity contribution in [3.05, 3.63) is 35.4 Å². The van der Waals surface area contributed by atoms with Crippen LogP contribution in [0.1, 0.15) is 30.0 Å². The summed E-state index contributed by atoms with van der Waals surface area (Å²) in [4.78, 5) is 0. The first-order valence-corrected chi connectivity index (χ1v) is 7.81. The van der Waals surface area contributed by atoms with E-state index in [9.17, 15) is 0 Å². The fourth-order valence-corrected chi connectivity index (χ4v) is 4.54. The van der Waals surface area contributed by atoms with Gasteiger partial charge in [-0.3, -0.25) is 0 Å². The van der Waals surface area contributed by atoms with Gasteiger partial charge in [0.2, 0.25) is 0 Å². The second-order valence-electron chi connectivity index (χ2n) is 5.19. The average molecular weight is 263 g/mol. The molecule has 2 atom stereocenters. The first-order chi connectivity index (χ1) is 8.88. The number of benzene rings is 1. The standard InChI is InChI=1S/C15H21NOS/c1-16-15-13-7-3-2-5-11(13)6-4-8-14(15)18-12-9-17-10-12/h2-3,5,7,12,14-16H,4,6,8-10H2,1H3. The van der Waals surface area contributed by atoms with Crippen LogP contribution in [-0.4, -0.2) is 30.8 Å². The zero-order valence-corrected chi connectivity index (χ0v) is 11.7. The highest BCUT2D eigenvalue weighted by atomic mass is 32.2. The maximum absolute atomic E-state index is 5.30. The van der Waals surface area contributed by atoms with Crippen LogP contribution in [0.5, 0.6) is 0 Å². The minimum absolute atomic E-state index is 0.495. The molecule has 0 amide bonds. The monoisotopic (exact) mass is 263 g/mol. The molecule has 1 aliphatic heterocycles. The van der Waals surface area contributed by atoms with Crippen molar-refractivity contribution in [3.63, 3.8) is 0 Å². The Bertz CT molecular complexity index is 405. The Morgan fingerprint density at radius 1 is 1.28 bits per heavy atom. The van der Waals surface area contributed by atoms with Crippen LogP contribution in [-0.2, 0) is 11.2 Å². The lowest BCUT2D eigenvalue weighted by Gasteiger charge is -2.33. The molecule has 2 unspecified atom stereocenters. The molecule has 1 aromatic carbocycles. The predicted octanol–water partition coefficient (Wildman–Crippen LogP) is 2.78. The second-order valence-corrected chi connectivity index (χ2v) is 6.74. The van der Waals surface area contributed by atoms with E-state index in [-0.39, 0.29) is 0 Å². The topological polar surface area (TPSA) is 21.3 Å². The molecule has 1 saturated heterocycles. The van der Waals surface area contributed by atoms with E-state index >= 15 is 0 Å². The van der Waals surface area contributed by atoms with Gasteiger partial charge in [-0.2, -0.15) is 0 Å². The zero-order valence-electron chi connectivity index (χ0n) is 10.9. The summed E-state index contributed by atoms with van der Waals surface area (Å²) in [5.74, 6) is 0. The van der Waals surface area contributed by atoms with Gasteiger partial charge in [0.15, 0.2) is 0 Å². The smallest absolute Gasteiger partial charge is 0.0608 e. The minimum atomic E-state index is 0.495. The van der Waals surface area contributed by atoms with Crippen molar-refractivity contribution >= 4 is 11.8 Å². The van der Waals surface area contributed by atoms with Crippen LogP contribution in [0.4, 0.5) is 0 Å². The summed E-state index contributed by atoms with van der Waals surface area (Å²) in [7, 11) is 2.09. The van der Waals surface area contributed by atoms with E-state index in [4.69, 9.17) is 4.74 Å². The van der Waals surface area contributed by atoms with E-state index in [1.165, 1.54) is 30.4 Å². The van der Waals surface area contributed by atoms with Crippen LogP contribution in [0, 0.1) is 0 Å². The zero-order chi connectivity index (χ0) is 12.4. The molecule has 0 saturated carbocycles. The molecule has 18 heavy (non-hydrogen) atoms. The maximum Gasteiger partial charge on any atom is 0.0608 e. The molecular formula is C15H21NOS. The molecule has 0 spiro atoms. The van der Waals surface area contributed by atoms with Gasteiger partial charge in [0.1, 0.15) is 0 Å². The number of nitrogens with one attached hydrogen (secondary N) is 1. The lowest BCUT2D eigenvalue weighted by atomic mass is 9.99. The van der Waals surface area contributed by atoms with E-state index < -0.39 is 0 Å². The van der Waals surface area contributed by atoms with Gasteiger partial charge in [-0.1, -0.05) is 24.3 Å². The first-order valence-electron chi connectivity index (χ1n) is 6.87. The molecule has 98 valence electrons. The minimum Gasteiger partial charge on any atom is -0.379 e. The Hall–Kier alpha value is -0.510. The predicted molar refractivity (Wildman–Crippen MR) is 77.2 cm³/mol. The summed E-state index contributed by atoms with van der Waals surface area (Å²) in [5, 5.41) is 4.95. The van der Waals surface area contributed by atoms with Gasteiger partial charge < -0.3 is 10.1 Å². The molecule has 3 rings (SSSR count). The molecule has 1 N–H and O–H groups in total. The number of thioether (sulfide) groups is 1. The summed E-state index contributed by atoms with van der Waals surface area (Å²) >= 11 is 2.13. The lowest BCUT2D eigenvalue weighted by Crippen LogP contribution is -2.36. The fraction of sp³-hybridized carbons (Fsp3) is 0.600. The summed E-state index contributed by atoms with van der Waals surface area (Å²) in [6.07, 6.45) is 3.84. The van der Waals surface area contributed by atoms with E-state index in [1.807, 2.05) is 0 Å². The van der Waals surface area contributed by atoms with Crippen LogP contribution in [0.2, 0.25) is 0 Å². The highest BCUT2D eigenvalue weighted by Gasteiger charge is 2.31. The summed E-state index contributed by atoms with van der Waals surface area (Å²) in [5.41, 5.74) is 3.04. The van der Waals surface area contributed by atoms with E-state index in [1.54, 1.807) is 0 Å². The Morgan fingerprint density at radius 3 is 2.83 bits per heavy atom. The highest BCUT2D eigenvalue weighted by Crippen LogP contribution is 2.38. The SMILES string of the molecule is CNC1c2ccccc2CCCC1SC1COC1. The lowest BCUT2D eigenvalue weighted by molar-refractivity contribution is 0.0452. The number of rotatable bonds is 3. The summed E-state index contributed by atoms with van der Waals surface area (Å²) in [6, 6.07) is 9.42. The second kappa shape index (κ2) is 5.64. The van der Waals surface area contributed by atoms with Crippen molar-refractivity contribution < 1.29 is 4.74 Å². The van der Waals surface area contributed by atoms with Crippen molar-refractivity contribution in [1.82, 2.24) is 5.32 Å². The van der Waals surface area contributed by atoms with E-state index in [2.05, 4.69) is 48.4 Å². The molecule has 0 aromatic heterocycles. The summed E-state index contributed by atoms with van der Waals surface area (Å²) < 4.78 is 5.30. The number of ether oxygens (including phenoxy) is 1. The van der Waals surface area contributed by atoms with Crippen molar-refractivity contribution in [1.29, 1.82) is 0 Å². The number of aryl methyl sites for hydroxylation is 1. The van der Waals surface area contributed by atoms with Crippen LogP contribution in [0.15, 0.2) is 24.3 Å². The Labute approximate surface area is 113 Å². The molecule has 1 aliphatic carbocycles. The molecule has 0 bridgehead atoms. The Kier molecular flexibility index (Phi) is 3.92. The fourth-order valence-electron chi connectivity index (χ4n) is 2.95. The molecule has 1 heterocycles. The molecule has 3 heteroatoms. The molecular weight excluding hydrogens is 242 g/mol. The van der Waals surface area contributed by atoms with E-state index in [0.717, 1.165) is 18.5 Å². The van der Waals surface area contributed by atoms with E-state index in [0.29, 0.717) is 11.3 Å². The molecule has 1 fully saturated rings. The Morgan fingerprint density at radius 2 is 2.11 bits per heavy atom. The number of hydrogen-bond acceptors (Lipinski definition) is 3. The number of fused-ring (bicyclic) bond motifs is 1. The van der Waals surface area contributed by atoms with Gasteiger partial charge in [-0.15, -0.1) is 11.8 Å². The van der Waals surface area contributed by atoms with Crippen LogP contribution < -0.4 is 5.32 Å². The van der Waals surface area contributed by atoms with Crippen molar-refractivity contribution in [3.8, 4) is 0 Å². The largest absolute Gasteiger partial charge is 0.379 e. The van der Waals surface area contributed by atoms with Gasteiger partial charge in [0.05, 0.1) is 18.5 Å². The maximum atomic E-state index is 5.30. The molecule has 1 aromatic rings. The molecule has 0 radical (unpaired) electrons. The third kappa shape index (κ3) is 2.44. The average Bonchev–Trinajstić information content (AvgIpc) is 2.52. The first kappa shape index (κ1) is 12.5.